The number of aldehydes is 1. The molecule has 1 aromatic rings. The average Bonchev–Trinajstić information content (AvgIpc) is 2.25. The Morgan fingerprint density at radius 2 is 2.06 bits per heavy atom. The Morgan fingerprint density at radius 1 is 1.39 bits per heavy atom. The van der Waals surface area contributed by atoms with Crippen LogP contribution in [0.3, 0.4) is 0 Å². The maximum Gasteiger partial charge on any atom is 0.573 e. The zero-order valence-electron chi connectivity index (χ0n) is 8.62. The number of aliphatic carboxylic acids is 1. The lowest BCUT2D eigenvalue weighted by molar-refractivity contribution is -0.274. The van der Waals surface area contributed by atoms with Crippen LogP contribution in [0.1, 0.15) is 15.9 Å². The molecule has 0 saturated heterocycles. The lowest BCUT2D eigenvalue weighted by Crippen LogP contribution is -2.17. The van der Waals surface area contributed by atoms with Crippen molar-refractivity contribution in [2.75, 3.05) is 0 Å². The van der Waals surface area contributed by atoms with Gasteiger partial charge in [-0.2, -0.15) is 0 Å². The summed E-state index contributed by atoms with van der Waals surface area (Å²) in [6.45, 7) is 0. The summed E-state index contributed by atoms with van der Waals surface area (Å²) in [7, 11) is 0. The highest BCUT2D eigenvalue weighted by Gasteiger charge is 2.32. The zero-order chi connectivity index (χ0) is 13.8. The van der Waals surface area contributed by atoms with E-state index in [1.54, 1.807) is 5.92 Å². The van der Waals surface area contributed by atoms with Crippen LogP contribution in [0.15, 0.2) is 18.2 Å². The van der Waals surface area contributed by atoms with E-state index in [1.165, 1.54) is 0 Å². The number of carboxylic acid groups (broad SMARTS) is 1. The minimum Gasteiger partial charge on any atom is -0.472 e. The number of carbonyl (C=O) groups excluding carboxylic acids is 1. The maximum absolute atomic E-state index is 12.0. The van der Waals surface area contributed by atoms with Gasteiger partial charge in [0, 0.05) is 11.5 Å². The van der Waals surface area contributed by atoms with Crippen molar-refractivity contribution in [3.63, 3.8) is 0 Å². The molecule has 18 heavy (non-hydrogen) atoms. The van der Waals surface area contributed by atoms with Crippen LogP contribution in [0.4, 0.5) is 13.2 Å². The topological polar surface area (TPSA) is 63.6 Å². The molecule has 0 heterocycles. The summed E-state index contributed by atoms with van der Waals surface area (Å²) in [6, 6.07) is 2.99. The van der Waals surface area contributed by atoms with Gasteiger partial charge in [-0.3, -0.25) is 4.79 Å². The molecule has 0 spiro atoms. The van der Waals surface area contributed by atoms with Crippen molar-refractivity contribution >= 4 is 12.3 Å². The molecule has 0 aliphatic carbocycles. The van der Waals surface area contributed by atoms with E-state index in [0.29, 0.717) is 6.29 Å². The molecule has 7 heteroatoms. The van der Waals surface area contributed by atoms with Gasteiger partial charge in [-0.25, -0.2) is 4.79 Å². The lowest BCUT2D eigenvalue weighted by Gasteiger charge is -2.10. The smallest absolute Gasteiger partial charge is 0.472 e. The normalized spacial score (nSPS) is 10.2. The highest BCUT2D eigenvalue weighted by molar-refractivity contribution is 5.87. The largest absolute Gasteiger partial charge is 0.573 e. The highest BCUT2D eigenvalue weighted by Crippen LogP contribution is 2.26. The van der Waals surface area contributed by atoms with Crippen molar-refractivity contribution in [3.05, 3.63) is 29.3 Å². The van der Waals surface area contributed by atoms with Gasteiger partial charge in [0.1, 0.15) is 12.0 Å². The third kappa shape index (κ3) is 4.17. The molecule has 94 valence electrons. The van der Waals surface area contributed by atoms with Gasteiger partial charge in [0.15, 0.2) is 0 Å². The molecule has 1 aromatic carbocycles. The zero-order valence-corrected chi connectivity index (χ0v) is 8.62. The van der Waals surface area contributed by atoms with Gasteiger partial charge in [0.2, 0.25) is 0 Å². The number of alkyl halides is 3. The molecule has 0 saturated carbocycles. The van der Waals surface area contributed by atoms with E-state index in [4.69, 9.17) is 5.11 Å². The second kappa shape index (κ2) is 5.23. The standard InChI is InChI=1S/C11H5F3O4/c12-11(13,14)18-9-3-1-7(6-15)5-8(9)2-4-10(16)17/h1,3,5-6H,(H,16,17). The number of benzene rings is 1. The van der Waals surface area contributed by atoms with Gasteiger partial charge in [-0.1, -0.05) is 5.92 Å². The van der Waals surface area contributed by atoms with Crippen LogP contribution in [-0.2, 0) is 4.79 Å². The number of carbonyl (C=O) groups is 2. The minimum atomic E-state index is -4.93. The van der Waals surface area contributed by atoms with E-state index in [9.17, 15) is 22.8 Å². The first kappa shape index (κ1) is 13.6. The molecule has 0 aromatic heterocycles. The summed E-state index contributed by atoms with van der Waals surface area (Å²) in [5.41, 5.74) is -0.279. The summed E-state index contributed by atoms with van der Waals surface area (Å²) in [4.78, 5) is 20.7. The molecule has 0 atom stereocenters. The number of rotatable bonds is 2. The van der Waals surface area contributed by atoms with Crippen LogP contribution in [0.5, 0.6) is 5.75 Å². The second-order valence-electron chi connectivity index (χ2n) is 2.98. The van der Waals surface area contributed by atoms with Gasteiger partial charge in [-0.05, 0) is 18.2 Å². The molecule has 1 rings (SSSR count). The Labute approximate surface area is 99.0 Å². The van der Waals surface area contributed by atoms with Gasteiger partial charge in [0.25, 0.3) is 0 Å². The molecule has 0 amide bonds. The van der Waals surface area contributed by atoms with Crippen LogP contribution in [0, 0.1) is 11.8 Å². The molecule has 0 unspecified atom stereocenters. The fourth-order valence-corrected chi connectivity index (χ4v) is 1.05. The van der Waals surface area contributed by atoms with E-state index in [0.717, 1.165) is 18.2 Å². The molecular formula is C11H5F3O4. The monoisotopic (exact) mass is 258 g/mol. The van der Waals surface area contributed by atoms with E-state index < -0.39 is 18.1 Å². The summed E-state index contributed by atoms with van der Waals surface area (Å²) >= 11 is 0. The van der Waals surface area contributed by atoms with E-state index >= 15 is 0 Å². The average molecular weight is 258 g/mol. The second-order valence-corrected chi connectivity index (χ2v) is 2.98. The molecule has 0 aliphatic heterocycles. The van der Waals surface area contributed by atoms with Crippen LogP contribution in [-0.4, -0.2) is 23.7 Å². The first-order valence-corrected chi connectivity index (χ1v) is 4.42. The first-order valence-electron chi connectivity index (χ1n) is 4.42. The molecule has 0 aliphatic rings. The quantitative estimate of drug-likeness (QED) is 0.649. The third-order valence-corrected chi connectivity index (χ3v) is 1.67. The van der Waals surface area contributed by atoms with Gasteiger partial charge in [-0.15, -0.1) is 13.2 Å². The van der Waals surface area contributed by atoms with E-state index in [2.05, 4.69) is 4.74 Å². The van der Waals surface area contributed by atoms with Crippen LogP contribution >= 0.6 is 0 Å². The molecular weight excluding hydrogens is 253 g/mol. The van der Waals surface area contributed by atoms with Crippen LogP contribution in [0.25, 0.3) is 0 Å². The van der Waals surface area contributed by atoms with Gasteiger partial charge < -0.3 is 9.84 Å². The lowest BCUT2D eigenvalue weighted by atomic mass is 10.1. The van der Waals surface area contributed by atoms with Gasteiger partial charge in [0.05, 0.1) is 5.56 Å². The Balaban J connectivity index is 3.21. The summed E-state index contributed by atoms with van der Waals surface area (Å²) in [5.74, 6) is 1.44. The molecule has 0 radical (unpaired) electrons. The molecule has 0 fully saturated rings. The fraction of sp³-hybridized carbons (Fsp3) is 0.0909. The SMILES string of the molecule is O=Cc1ccc(OC(F)(F)F)c(C#CC(=O)O)c1. The van der Waals surface area contributed by atoms with Crippen molar-refractivity contribution < 1.29 is 32.6 Å². The van der Waals surface area contributed by atoms with Crippen molar-refractivity contribution in [1.82, 2.24) is 0 Å². The Bertz CT molecular complexity index is 537. The number of hydrogen-bond donors (Lipinski definition) is 1. The molecule has 0 bridgehead atoms. The van der Waals surface area contributed by atoms with Gasteiger partial charge >= 0.3 is 12.3 Å². The number of carboxylic acids is 1. The van der Waals surface area contributed by atoms with Crippen molar-refractivity contribution in [3.8, 4) is 17.6 Å². The van der Waals surface area contributed by atoms with Crippen molar-refractivity contribution in [1.29, 1.82) is 0 Å². The number of halogens is 3. The van der Waals surface area contributed by atoms with Crippen LogP contribution in [0.2, 0.25) is 0 Å². The maximum atomic E-state index is 12.0. The van der Waals surface area contributed by atoms with Crippen molar-refractivity contribution in [2.24, 2.45) is 0 Å². The summed E-state index contributed by atoms with van der Waals surface area (Å²) in [6.07, 6.45) is -4.54. The minimum absolute atomic E-state index is 0.0548. The molecule has 4 nitrogen and oxygen atoms in total. The fourth-order valence-electron chi connectivity index (χ4n) is 1.05. The summed E-state index contributed by atoms with van der Waals surface area (Å²) < 4.78 is 39.8. The van der Waals surface area contributed by atoms with E-state index in [-0.39, 0.29) is 11.1 Å². The highest BCUT2D eigenvalue weighted by atomic mass is 19.4. The predicted octanol–water partition coefficient (Wildman–Crippen LogP) is 1.83. The van der Waals surface area contributed by atoms with Crippen LogP contribution < -0.4 is 4.74 Å². The number of ether oxygens (including phenoxy) is 1. The van der Waals surface area contributed by atoms with E-state index in [1.807, 2.05) is 5.92 Å². The number of hydrogen-bond acceptors (Lipinski definition) is 3. The van der Waals surface area contributed by atoms with Crippen molar-refractivity contribution in [2.45, 2.75) is 6.36 Å². The third-order valence-electron chi connectivity index (χ3n) is 1.67. The Kier molecular flexibility index (Phi) is 3.94. The Hall–Kier alpha value is -2.49. The first-order chi connectivity index (χ1) is 8.31. The summed E-state index contributed by atoms with van der Waals surface area (Å²) in [5, 5.41) is 8.32. The molecule has 1 N–H and O–H groups in total. The predicted molar refractivity (Wildman–Crippen MR) is 53.0 cm³/mol. The Morgan fingerprint density at radius 3 is 2.56 bits per heavy atom.